The summed E-state index contributed by atoms with van der Waals surface area (Å²) in [5, 5.41) is 3.81. The molecule has 0 heterocycles. The van der Waals surface area contributed by atoms with Crippen LogP contribution in [0.15, 0.2) is 0 Å². The van der Waals surface area contributed by atoms with Crippen LogP contribution in [0.5, 0.6) is 0 Å². The molecule has 5 aliphatic carbocycles. The van der Waals surface area contributed by atoms with E-state index in [-0.39, 0.29) is 0 Å². The van der Waals surface area contributed by atoms with Gasteiger partial charge in [-0.2, -0.15) is 0 Å². The quantitative estimate of drug-likeness (QED) is 0.767. The summed E-state index contributed by atoms with van der Waals surface area (Å²) in [7, 11) is 0. The minimum absolute atomic E-state index is 0.592. The van der Waals surface area contributed by atoms with Gasteiger partial charge in [-0.1, -0.05) is 6.92 Å². The van der Waals surface area contributed by atoms with E-state index in [4.69, 9.17) is 4.74 Å². The van der Waals surface area contributed by atoms with Gasteiger partial charge in [0, 0.05) is 12.6 Å². The Hall–Kier alpha value is -0.0800. The van der Waals surface area contributed by atoms with Crippen molar-refractivity contribution in [3.8, 4) is 0 Å². The van der Waals surface area contributed by atoms with Crippen LogP contribution in [0.1, 0.15) is 58.3 Å². The zero-order valence-electron chi connectivity index (χ0n) is 13.1. The van der Waals surface area contributed by atoms with Gasteiger partial charge in [-0.15, -0.1) is 0 Å². The average Bonchev–Trinajstić information content (AvgIpc) is 3.20. The Kier molecular flexibility index (Phi) is 3.58. The third-order valence-electron chi connectivity index (χ3n) is 6.61. The molecule has 0 aromatic heterocycles. The van der Waals surface area contributed by atoms with Crippen LogP contribution in [-0.2, 0) is 4.74 Å². The van der Waals surface area contributed by atoms with Crippen LogP contribution in [-0.4, -0.2) is 25.8 Å². The lowest BCUT2D eigenvalue weighted by molar-refractivity contribution is -0.0889. The van der Waals surface area contributed by atoms with E-state index in [1.54, 1.807) is 19.3 Å². The van der Waals surface area contributed by atoms with Crippen LogP contribution in [0.4, 0.5) is 0 Å². The predicted molar refractivity (Wildman–Crippen MR) is 81.6 cm³/mol. The number of hydrogen-bond donors (Lipinski definition) is 1. The van der Waals surface area contributed by atoms with Crippen molar-refractivity contribution in [2.75, 3.05) is 19.8 Å². The summed E-state index contributed by atoms with van der Waals surface area (Å²) in [6, 6.07) is 0.625. The van der Waals surface area contributed by atoms with Gasteiger partial charge in [0.25, 0.3) is 0 Å². The minimum atomic E-state index is 0.592. The molecule has 0 aliphatic heterocycles. The normalized spacial score (nSPS) is 44.0. The highest BCUT2D eigenvalue weighted by Crippen LogP contribution is 2.61. The first-order valence-electron chi connectivity index (χ1n) is 9.08. The summed E-state index contributed by atoms with van der Waals surface area (Å²) in [5.41, 5.74) is 0.592. The zero-order chi connectivity index (χ0) is 13.6. The van der Waals surface area contributed by atoms with Gasteiger partial charge in [0.15, 0.2) is 0 Å². The van der Waals surface area contributed by atoms with Crippen LogP contribution in [0, 0.1) is 29.1 Å². The molecule has 114 valence electrons. The van der Waals surface area contributed by atoms with Crippen LogP contribution in [0.2, 0.25) is 0 Å². The van der Waals surface area contributed by atoms with Crippen molar-refractivity contribution in [3.05, 3.63) is 0 Å². The average molecular weight is 277 g/mol. The summed E-state index contributed by atoms with van der Waals surface area (Å²) < 4.78 is 6.10. The molecule has 5 fully saturated rings. The Labute approximate surface area is 124 Å². The molecular formula is C18H31NO. The van der Waals surface area contributed by atoms with Crippen molar-refractivity contribution in [2.24, 2.45) is 29.1 Å². The Morgan fingerprint density at radius 2 is 1.65 bits per heavy atom. The number of rotatable bonds is 7. The Balaban J connectivity index is 1.43. The summed E-state index contributed by atoms with van der Waals surface area (Å²) >= 11 is 0. The van der Waals surface area contributed by atoms with E-state index in [1.165, 1.54) is 32.1 Å². The molecular weight excluding hydrogens is 246 g/mol. The third-order valence-corrected chi connectivity index (χ3v) is 6.61. The Bertz CT molecular complexity index is 314. The predicted octanol–water partition coefficient (Wildman–Crippen LogP) is 3.61. The highest BCUT2D eigenvalue weighted by molar-refractivity contribution is 5.06. The molecule has 0 amide bonds. The largest absolute Gasteiger partial charge is 0.380 e. The van der Waals surface area contributed by atoms with Gasteiger partial charge >= 0.3 is 0 Å². The van der Waals surface area contributed by atoms with Gasteiger partial charge in [-0.25, -0.2) is 0 Å². The molecule has 0 aromatic rings. The maximum absolute atomic E-state index is 6.10. The SMILES string of the molecule is CCNC(COCC1CC1)C12CC3CC(CC(C3)C1)C2. The first kappa shape index (κ1) is 13.6. The molecule has 0 saturated heterocycles. The topological polar surface area (TPSA) is 21.3 Å². The van der Waals surface area contributed by atoms with Gasteiger partial charge in [0.2, 0.25) is 0 Å². The molecule has 5 saturated carbocycles. The first-order valence-corrected chi connectivity index (χ1v) is 9.08. The standard InChI is InChI=1S/C18H31NO/c1-2-19-17(12-20-11-13-3-4-13)18-8-14-5-15(9-18)7-16(6-14)10-18/h13-17,19H,2-12H2,1H3. The second-order valence-corrected chi connectivity index (χ2v) is 8.37. The number of likely N-dealkylation sites (N-methyl/N-ethyl adjacent to an activating group) is 1. The lowest BCUT2D eigenvalue weighted by Gasteiger charge is -2.59. The van der Waals surface area contributed by atoms with Crippen molar-refractivity contribution in [3.63, 3.8) is 0 Å². The molecule has 1 unspecified atom stereocenters. The summed E-state index contributed by atoms with van der Waals surface area (Å²) in [6.45, 7) is 5.35. The molecule has 2 nitrogen and oxygen atoms in total. The van der Waals surface area contributed by atoms with E-state index in [2.05, 4.69) is 12.2 Å². The maximum atomic E-state index is 6.10. The van der Waals surface area contributed by atoms with E-state index >= 15 is 0 Å². The van der Waals surface area contributed by atoms with E-state index in [0.29, 0.717) is 11.5 Å². The van der Waals surface area contributed by atoms with Gasteiger partial charge in [-0.3, -0.25) is 0 Å². The second kappa shape index (κ2) is 5.28. The number of ether oxygens (including phenoxy) is 1. The van der Waals surface area contributed by atoms with Gasteiger partial charge < -0.3 is 10.1 Å². The second-order valence-electron chi connectivity index (χ2n) is 8.37. The fraction of sp³-hybridized carbons (Fsp3) is 1.00. The molecule has 5 rings (SSSR count). The van der Waals surface area contributed by atoms with Crippen LogP contribution < -0.4 is 5.32 Å². The molecule has 5 aliphatic rings. The van der Waals surface area contributed by atoms with Gasteiger partial charge in [0.1, 0.15) is 0 Å². The summed E-state index contributed by atoms with van der Waals surface area (Å²) in [6.07, 6.45) is 11.9. The monoisotopic (exact) mass is 277 g/mol. The highest BCUT2D eigenvalue weighted by atomic mass is 16.5. The highest BCUT2D eigenvalue weighted by Gasteiger charge is 2.54. The van der Waals surface area contributed by atoms with Gasteiger partial charge in [-0.05, 0) is 87.0 Å². The van der Waals surface area contributed by atoms with Crippen molar-refractivity contribution in [2.45, 2.75) is 64.3 Å². The van der Waals surface area contributed by atoms with Crippen LogP contribution in [0.25, 0.3) is 0 Å². The van der Waals surface area contributed by atoms with E-state index in [9.17, 15) is 0 Å². The lowest BCUT2D eigenvalue weighted by Crippen LogP contribution is -2.57. The molecule has 0 spiro atoms. The van der Waals surface area contributed by atoms with Crippen molar-refractivity contribution in [1.29, 1.82) is 0 Å². The fourth-order valence-electron chi connectivity index (χ4n) is 5.94. The zero-order valence-corrected chi connectivity index (χ0v) is 13.1. The molecule has 4 bridgehead atoms. The summed E-state index contributed by atoms with van der Waals surface area (Å²) in [5.74, 6) is 4.04. The van der Waals surface area contributed by atoms with Crippen molar-refractivity contribution in [1.82, 2.24) is 5.32 Å². The smallest absolute Gasteiger partial charge is 0.0625 e. The molecule has 1 N–H and O–H groups in total. The van der Waals surface area contributed by atoms with Crippen LogP contribution in [0.3, 0.4) is 0 Å². The van der Waals surface area contributed by atoms with E-state index in [1.807, 2.05) is 0 Å². The van der Waals surface area contributed by atoms with Gasteiger partial charge in [0.05, 0.1) is 6.61 Å². The Morgan fingerprint density at radius 3 is 2.15 bits per heavy atom. The Morgan fingerprint density at radius 1 is 1.05 bits per heavy atom. The molecule has 0 radical (unpaired) electrons. The maximum Gasteiger partial charge on any atom is 0.0625 e. The van der Waals surface area contributed by atoms with E-state index in [0.717, 1.165) is 43.4 Å². The lowest BCUT2D eigenvalue weighted by atomic mass is 9.47. The summed E-state index contributed by atoms with van der Waals surface area (Å²) in [4.78, 5) is 0. The number of nitrogens with one attached hydrogen (secondary N) is 1. The fourth-order valence-corrected chi connectivity index (χ4v) is 5.94. The first-order chi connectivity index (χ1) is 9.77. The molecule has 20 heavy (non-hydrogen) atoms. The van der Waals surface area contributed by atoms with Crippen molar-refractivity contribution >= 4 is 0 Å². The molecule has 2 heteroatoms. The molecule has 1 atom stereocenters. The van der Waals surface area contributed by atoms with Crippen molar-refractivity contribution < 1.29 is 4.74 Å². The van der Waals surface area contributed by atoms with Crippen LogP contribution >= 0.6 is 0 Å². The molecule has 0 aromatic carbocycles. The van der Waals surface area contributed by atoms with E-state index < -0.39 is 0 Å². The minimum Gasteiger partial charge on any atom is -0.380 e. The number of hydrogen-bond acceptors (Lipinski definition) is 2. The third kappa shape index (κ3) is 2.54.